The number of benzene rings is 1. The third-order valence-corrected chi connectivity index (χ3v) is 5.93. The first-order chi connectivity index (χ1) is 10.5. The van der Waals surface area contributed by atoms with Gasteiger partial charge in [0.15, 0.2) is 0 Å². The number of fused-ring (bicyclic) bond motifs is 1. The van der Waals surface area contributed by atoms with E-state index >= 15 is 0 Å². The van der Waals surface area contributed by atoms with E-state index in [1.165, 1.54) is 6.07 Å². The molecule has 4 N–H and O–H groups in total. The average Bonchev–Trinajstić information content (AvgIpc) is 2.49. The highest BCUT2D eigenvalue weighted by Crippen LogP contribution is 2.22. The van der Waals surface area contributed by atoms with Gasteiger partial charge in [-0.05, 0) is 49.8 Å². The molecule has 1 aromatic carbocycles. The molecule has 1 heterocycles. The number of hydrogen-bond donors (Lipinski definition) is 3. The lowest BCUT2D eigenvalue weighted by Crippen LogP contribution is -2.40. The first-order valence-corrected chi connectivity index (χ1v) is 9.13. The second-order valence-corrected chi connectivity index (χ2v) is 7.77. The van der Waals surface area contributed by atoms with E-state index in [4.69, 9.17) is 5.73 Å². The molecule has 1 aromatic rings. The van der Waals surface area contributed by atoms with Crippen molar-refractivity contribution in [2.75, 3.05) is 6.54 Å². The van der Waals surface area contributed by atoms with Crippen molar-refractivity contribution in [3.8, 4) is 0 Å². The predicted molar refractivity (Wildman–Crippen MR) is 83.0 cm³/mol. The third kappa shape index (κ3) is 3.16. The minimum absolute atomic E-state index is 0.0744. The number of carbonyl (C=O) groups excluding carboxylic acids is 1. The van der Waals surface area contributed by atoms with Gasteiger partial charge in [-0.1, -0.05) is 6.07 Å². The summed E-state index contributed by atoms with van der Waals surface area (Å²) in [4.78, 5) is 12.0. The Hall–Kier alpha value is -1.44. The first-order valence-electron chi connectivity index (χ1n) is 7.65. The maximum absolute atomic E-state index is 12.5. The molecule has 1 saturated carbocycles. The lowest BCUT2D eigenvalue weighted by Gasteiger charge is -2.26. The van der Waals surface area contributed by atoms with Crippen LogP contribution in [0.15, 0.2) is 23.1 Å². The van der Waals surface area contributed by atoms with Crippen LogP contribution in [0.2, 0.25) is 0 Å². The van der Waals surface area contributed by atoms with Crippen LogP contribution in [0.4, 0.5) is 0 Å². The maximum atomic E-state index is 12.5. The van der Waals surface area contributed by atoms with Crippen molar-refractivity contribution in [1.82, 2.24) is 10.0 Å². The minimum atomic E-state index is -3.61. The van der Waals surface area contributed by atoms with Gasteiger partial charge in [0.25, 0.3) is 5.91 Å². The van der Waals surface area contributed by atoms with E-state index in [1.54, 1.807) is 12.1 Å². The van der Waals surface area contributed by atoms with E-state index in [2.05, 4.69) is 10.0 Å². The SMILES string of the molecule is NC1CCC(NS(=O)(=O)c2ccc3c(c2)C(=O)NCC3)CC1. The van der Waals surface area contributed by atoms with Crippen molar-refractivity contribution < 1.29 is 13.2 Å². The number of nitrogens with two attached hydrogens (primary N) is 1. The van der Waals surface area contributed by atoms with Gasteiger partial charge in [-0.3, -0.25) is 4.79 Å². The lowest BCUT2D eigenvalue weighted by molar-refractivity contribution is 0.0945. The normalized spacial score (nSPS) is 25.4. The molecular weight excluding hydrogens is 302 g/mol. The molecule has 1 amide bonds. The Morgan fingerprint density at radius 2 is 1.91 bits per heavy atom. The topological polar surface area (TPSA) is 101 Å². The Balaban J connectivity index is 1.80. The molecular formula is C15H21N3O3S. The number of nitrogens with one attached hydrogen (secondary N) is 2. The van der Waals surface area contributed by atoms with Crippen molar-refractivity contribution in [3.05, 3.63) is 29.3 Å². The minimum Gasteiger partial charge on any atom is -0.352 e. The second kappa shape index (κ2) is 5.98. The first kappa shape index (κ1) is 15.5. The molecule has 2 aliphatic rings. The number of amides is 1. The molecule has 7 heteroatoms. The molecule has 120 valence electrons. The predicted octanol–water partition coefficient (Wildman–Crippen LogP) is 0.521. The molecule has 0 unspecified atom stereocenters. The summed E-state index contributed by atoms with van der Waals surface area (Å²) in [5.74, 6) is -0.207. The summed E-state index contributed by atoms with van der Waals surface area (Å²) in [6, 6.07) is 4.89. The van der Waals surface area contributed by atoms with Crippen LogP contribution >= 0.6 is 0 Å². The summed E-state index contributed by atoms with van der Waals surface area (Å²) < 4.78 is 27.7. The van der Waals surface area contributed by atoms with E-state index in [-0.39, 0.29) is 22.9 Å². The average molecular weight is 323 g/mol. The van der Waals surface area contributed by atoms with Crippen LogP contribution in [0.3, 0.4) is 0 Å². The Kier molecular flexibility index (Phi) is 4.20. The van der Waals surface area contributed by atoms with Gasteiger partial charge >= 0.3 is 0 Å². The van der Waals surface area contributed by atoms with Crippen LogP contribution in [-0.4, -0.2) is 33.0 Å². The standard InChI is InChI=1S/C15H21N3O3S/c16-11-2-4-12(5-3-11)18-22(20,21)13-6-1-10-7-8-17-15(19)14(10)9-13/h1,6,9,11-12,18H,2-5,7-8,16H2,(H,17,19). The van der Waals surface area contributed by atoms with E-state index in [9.17, 15) is 13.2 Å². The zero-order valence-corrected chi connectivity index (χ0v) is 13.2. The van der Waals surface area contributed by atoms with Crippen LogP contribution in [0.25, 0.3) is 0 Å². The Labute approximate surface area is 130 Å². The smallest absolute Gasteiger partial charge is 0.251 e. The van der Waals surface area contributed by atoms with Crippen molar-refractivity contribution in [2.45, 2.75) is 49.1 Å². The second-order valence-electron chi connectivity index (χ2n) is 6.06. The molecule has 1 aliphatic carbocycles. The fraction of sp³-hybridized carbons (Fsp3) is 0.533. The van der Waals surface area contributed by atoms with Crippen LogP contribution in [0, 0.1) is 0 Å². The van der Waals surface area contributed by atoms with E-state index < -0.39 is 10.0 Å². The zero-order chi connectivity index (χ0) is 15.7. The highest BCUT2D eigenvalue weighted by Gasteiger charge is 2.26. The fourth-order valence-corrected chi connectivity index (χ4v) is 4.41. The third-order valence-electron chi connectivity index (χ3n) is 4.41. The molecule has 0 aromatic heterocycles. The van der Waals surface area contributed by atoms with Gasteiger partial charge in [0.1, 0.15) is 0 Å². The molecule has 6 nitrogen and oxygen atoms in total. The highest BCUT2D eigenvalue weighted by atomic mass is 32.2. The summed E-state index contributed by atoms with van der Waals surface area (Å²) in [6.07, 6.45) is 3.91. The summed E-state index contributed by atoms with van der Waals surface area (Å²) in [5, 5.41) is 2.74. The Morgan fingerprint density at radius 1 is 1.18 bits per heavy atom. The summed E-state index contributed by atoms with van der Waals surface area (Å²) in [5.41, 5.74) is 7.19. The number of carbonyl (C=O) groups is 1. The van der Waals surface area contributed by atoms with Crippen molar-refractivity contribution >= 4 is 15.9 Å². The van der Waals surface area contributed by atoms with E-state index in [0.717, 1.165) is 37.7 Å². The Bertz CT molecular complexity index is 679. The quantitative estimate of drug-likeness (QED) is 0.755. The van der Waals surface area contributed by atoms with Crippen LogP contribution in [0.5, 0.6) is 0 Å². The van der Waals surface area contributed by atoms with Gasteiger partial charge in [0.05, 0.1) is 4.90 Å². The maximum Gasteiger partial charge on any atom is 0.251 e. The number of hydrogen-bond acceptors (Lipinski definition) is 4. The molecule has 0 radical (unpaired) electrons. The number of sulfonamides is 1. The summed E-state index contributed by atoms with van der Waals surface area (Å²) in [6.45, 7) is 0.596. The highest BCUT2D eigenvalue weighted by molar-refractivity contribution is 7.89. The van der Waals surface area contributed by atoms with Crippen molar-refractivity contribution in [3.63, 3.8) is 0 Å². The van der Waals surface area contributed by atoms with Gasteiger partial charge in [0.2, 0.25) is 10.0 Å². The van der Waals surface area contributed by atoms with Gasteiger partial charge in [0, 0.05) is 24.2 Å². The van der Waals surface area contributed by atoms with Crippen LogP contribution in [0.1, 0.15) is 41.6 Å². The molecule has 0 spiro atoms. The van der Waals surface area contributed by atoms with Crippen LogP contribution in [-0.2, 0) is 16.4 Å². The van der Waals surface area contributed by atoms with Crippen molar-refractivity contribution in [1.29, 1.82) is 0 Å². The van der Waals surface area contributed by atoms with Crippen molar-refractivity contribution in [2.24, 2.45) is 5.73 Å². The molecule has 22 heavy (non-hydrogen) atoms. The summed E-state index contributed by atoms with van der Waals surface area (Å²) in [7, 11) is -3.61. The molecule has 0 bridgehead atoms. The Morgan fingerprint density at radius 3 is 2.64 bits per heavy atom. The van der Waals surface area contributed by atoms with E-state index in [0.29, 0.717) is 12.1 Å². The molecule has 3 rings (SSSR count). The molecule has 1 fully saturated rings. The largest absolute Gasteiger partial charge is 0.352 e. The molecule has 0 atom stereocenters. The monoisotopic (exact) mass is 323 g/mol. The zero-order valence-electron chi connectivity index (χ0n) is 12.3. The van der Waals surface area contributed by atoms with Gasteiger partial charge in [-0.15, -0.1) is 0 Å². The molecule has 0 saturated heterocycles. The van der Waals surface area contributed by atoms with Gasteiger partial charge in [-0.25, -0.2) is 13.1 Å². The van der Waals surface area contributed by atoms with Crippen LogP contribution < -0.4 is 15.8 Å². The summed E-state index contributed by atoms with van der Waals surface area (Å²) >= 11 is 0. The fourth-order valence-electron chi connectivity index (χ4n) is 3.08. The lowest BCUT2D eigenvalue weighted by atomic mass is 9.93. The van der Waals surface area contributed by atoms with Gasteiger partial charge in [-0.2, -0.15) is 0 Å². The van der Waals surface area contributed by atoms with E-state index in [1.807, 2.05) is 0 Å². The van der Waals surface area contributed by atoms with Gasteiger partial charge < -0.3 is 11.1 Å². The molecule has 1 aliphatic heterocycles. The number of rotatable bonds is 3.